The smallest absolute Gasteiger partial charge is 0.422 e. The molecule has 0 radical (unpaired) electrons. The first-order chi connectivity index (χ1) is 14.3. The van der Waals surface area contributed by atoms with Crippen LogP contribution in [0.4, 0.5) is 13.2 Å². The summed E-state index contributed by atoms with van der Waals surface area (Å²) in [5, 5.41) is 16.6. The van der Waals surface area contributed by atoms with E-state index in [4.69, 9.17) is 5.11 Å². The number of aliphatic hydroxyl groups excluding tert-OH is 1. The highest BCUT2D eigenvalue weighted by Gasteiger charge is 2.28. The Morgan fingerprint density at radius 2 is 2.10 bits per heavy atom. The molecule has 3 aromatic rings. The molecule has 2 N–H and O–H groups in total. The molecule has 11 heteroatoms. The summed E-state index contributed by atoms with van der Waals surface area (Å²) in [6, 6.07) is 6.27. The zero-order valence-electron chi connectivity index (χ0n) is 15.9. The first-order valence-electron chi connectivity index (χ1n) is 9.18. The molecule has 0 atom stereocenters. The Bertz CT molecular complexity index is 1010. The van der Waals surface area contributed by atoms with Crippen LogP contribution in [0, 0.1) is 0 Å². The van der Waals surface area contributed by atoms with Gasteiger partial charge in [0.05, 0.1) is 29.9 Å². The van der Waals surface area contributed by atoms with Crippen molar-refractivity contribution in [2.45, 2.75) is 25.6 Å². The Balaban J connectivity index is 1.71. The average Bonchev–Trinajstić information content (AvgIpc) is 3.10. The normalized spacial score (nSPS) is 11.6. The fourth-order valence-corrected chi connectivity index (χ4v) is 2.74. The van der Waals surface area contributed by atoms with Crippen molar-refractivity contribution in [3.8, 4) is 5.88 Å². The maximum absolute atomic E-state index is 12.3. The average molecular weight is 423 g/mol. The van der Waals surface area contributed by atoms with Gasteiger partial charge in [-0.2, -0.15) is 18.3 Å². The summed E-state index contributed by atoms with van der Waals surface area (Å²) < 4.78 is 43.2. The molecule has 0 saturated heterocycles. The Labute approximate surface area is 169 Å². The second kappa shape index (κ2) is 9.53. The van der Waals surface area contributed by atoms with Gasteiger partial charge in [-0.15, -0.1) is 0 Å². The van der Waals surface area contributed by atoms with Crippen LogP contribution in [0.2, 0.25) is 0 Å². The van der Waals surface area contributed by atoms with Crippen LogP contribution in [-0.2, 0) is 17.8 Å². The third-order valence-electron chi connectivity index (χ3n) is 4.04. The van der Waals surface area contributed by atoms with Crippen molar-refractivity contribution in [1.29, 1.82) is 0 Å². The summed E-state index contributed by atoms with van der Waals surface area (Å²) in [4.78, 5) is 20.4. The lowest BCUT2D eigenvalue weighted by molar-refractivity contribution is -0.154. The maximum atomic E-state index is 12.3. The molecule has 0 aliphatic heterocycles. The zero-order chi connectivity index (χ0) is 21.6. The van der Waals surface area contributed by atoms with Gasteiger partial charge in [-0.3, -0.25) is 14.5 Å². The van der Waals surface area contributed by atoms with Gasteiger partial charge < -0.3 is 15.2 Å². The Morgan fingerprint density at radius 3 is 2.87 bits per heavy atom. The number of aromatic nitrogens is 4. The van der Waals surface area contributed by atoms with Crippen LogP contribution in [0.3, 0.4) is 0 Å². The number of amides is 1. The van der Waals surface area contributed by atoms with Gasteiger partial charge in [0.25, 0.3) is 0 Å². The molecule has 3 aromatic heterocycles. The first-order valence-corrected chi connectivity index (χ1v) is 9.18. The van der Waals surface area contributed by atoms with E-state index in [0.29, 0.717) is 35.3 Å². The minimum atomic E-state index is -4.44. The number of alkyl halides is 3. The Kier molecular flexibility index (Phi) is 6.83. The van der Waals surface area contributed by atoms with E-state index in [1.54, 1.807) is 35.3 Å². The van der Waals surface area contributed by atoms with Crippen LogP contribution in [-0.4, -0.2) is 56.7 Å². The van der Waals surface area contributed by atoms with Crippen LogP contribution in [0.5, 0.6) is 5.88 Å². The molecular weight excluding hydrogens is 403 g/mol. The van der Waals surface area contributed by atoms with Gasteiger partial charge in [0.15, 0.2) is 6.61 Å². The van der Waals surface area contributed by atoms with Crippen LogP contribution in [0.25, 0.3) is 10.9 Å². The SMILES string of the molecule is O=C(Cc1nccc2nn(Cc3cccc(OCC(F)(F)F)n3)cc12)NCCCO. The lowest BCUT2D eigenvalue weighted by Gasteiger charge is -2.09. The van der Waals surface area contributed by atoms with Crippen molar-refractivity contribution in [1.82, 2.24) is 25.1 Å². The molecular formula is C19H20F3N5O3. The molecule has 0 bridgehead atoms. The third kappa shape index (κ3) is 6.14. The van der Waals surface area contributed by atoms with E-state index in [2.05, 4.69) is 25.1 Å². The third-order valence-corrected chi connectivity index (χ3v) is 4.04. The molecule has 3 rings (SSSR count). The van der Waals surface area contributed by atoms with Crippen LogP contribution in [0.15, 0.2) is 36.7 Å². The molecule has 160 valence electrons. The number of halogens is 3. The predicted molar refractivity (Wildman–Crippen MR) is 101 cm³/mol. The number of carbonyl (C=O) groups excluding carboxylic acids is 1. The number of hydrogen-bond acceptors (Lipinski definition) is 6. The van der Waals surface area contributed by atoms with Gasteiger partial charge >= 0.3 is 6.18 Å². The Hall–Kier alpha value is -3.21. The lowest BCUT2D eigenvalue weighted by Crippen LogP contribution is -2.26. The van der Waals surface area contributed by atoms with E-state index < -0.39 is 12.8 Å². The van der Waals surface area contributed by atoms with Gasteiger partial charge in [0.2, 0.25) is 11.8 Å². The molecule has 0 fully saturated rings. The van der Waals surface area contributed by atoms with Crippen molar-refractivity contribution in [2.75, 3.05) is 19.8 Å². The predicted octanol–water partition coefficient (Wildman–Crippen LogP) is 1.86. The Morgan fingerprint density at radius 1 is 1.27 bits per heavy atom. The fourth-order valence-electron chi connectivity index (χ4n) is 2.74. The monoisotopic (exact) mass is 423 g/mol. The number of hydrogen-bond donors (Lipinski definition) is 2. The van der Waals surface area contributed by atoms with E-state index in [9.17, 15) is 18.0 Å². The number of ether oxygens (including phenoxy) is 1. The first kappa shape index (κ1) is 21.5. The summed E-state index contributed by atoms with van der Waals surface area (Å²) in [5.74, 6) is -0.337. The summed E-state index contributed by atoms with van der Waals surface area (Å²) in [6.45, 7) is -0.828. The standard InChI is InChI=1S/C19H20F3N5O3/c20-19(21,22)12-30-18-4-1-3-13(25-18)10-27-11-14-15(26-27)5-7-23-16(14)9-17(29)24-6-2-8-28/h1,3-5,7,11,28H,2,6,8-10,12H2,(H,24,29). The quantitative estimate of drug-likeness (QED) is 0.510. The molecule has 0 spiro atoms. The van der Waals surface area contributed by atoms with Crippen molar-refractivity contribution >= 4 is 16.8 Å². The van der Waals surface area contributed by atoms with Gasteiger partial charge in [0.1, 0.15) is 0 Å². The molecule has 8 nitrogen and oxygen atoms in total. The number of nitrogens with zero attached hydrogens (tertiary/aromatic N) is 4. The van der Waals surface area contributed by atoms with Crippen molar-refractivity contribution in [3.63, 3.8) is 0 Å². The fraction of sp³-hybridized carbons (Fsp3) is 0.368. The minimum absolute atomic E-state index is 0.00262. The lowest BCUT2D eigenvalue weighted by atomic mass is 10.2. The van der Waals surface area contributed by atoms with E-state index in [1.807, 2.05) is 0 Å². The largest absolute Gasteiger partial charge is 0.468 e. The van der Waals surface area contributed by atoms with E-state index in [1.165, 1.54) is 6.07 Å². The minimum Gasteiger partial charge on any atom is -0.468 e. The summed E-state index contributed by atoms with van der Waals surface area (Å²) >= 11 is 0. The van der Waals surface area contributed by atoms with Crippen LogP contribution >= 0.6 is 0 Å². The van der Waals surface area contributed by atoms with Crippen molar-refractivity contribution < 1.29 is 27.8 Å². The van der Waals surface area contributed by atoms with Gasteiger partial charge in [-0.1, -0.05) is 6.07 Å². The van der Waals surface area contributed by atoms with Crippen LogP contribution in [0.1, 0.15) is 17.8 Å². The highest BCUT2D eigenvalue weighted by molar-refractivity contribution is 5.86. The number of carbonyl (C=O) groups is 1. The van der Waals surface area contributed by atoms with Crippen molar-refractivity contribution in [3.05, 3.63) is 48.0 Å². The number of pyridine rings is 2. The molecule has 3 heterocycles. The summed E-state index contributed by atoms with van der Waals surface area (Å²) in [7, 11) is 0. The number of rotatable bonds is 9. The van der Waals surface area contributed by atoms with Crippen LogP contribution < -0.4 is 10.1 Å². The second-order valence-electron chi connectivity index (χ2n) is 6.49. The summed E-state index contributed by atoms with van der Waals surface area (Å²) in [5.41, 5.74) is 1.65. The van der Waals surface area contributed by atoms with E-state index in [-0.39, 0.29) is 31.4 Å². The molecule has 0 unspecified atom stereocenters. The molecule has 30 heavy (non-hydrogen) atoms. The molecule has 0 aliphatic rings. The zero-order valence-corrected chi connectivity index (χ0v) is 15.9. The number of nitrogens with one attached hydrogen (secondary N) is 1. The van der Waals surface area contributed by atoms with E-state index in [0.717, 1.165) is 0 Å². The molecule has 0 saturated carbocycles. The van der Waals surface area contributed by atoms with Gasteiger partial charge in [0, 0.05) is 37.0 Å². The highest BCUT2D eigenvalue weighted by atomic mass is 19.4. The number of fused-ring (bicyclic) bond motifs is 1. The van der Waals surface area contributed by atoms with E-state index >= 15 is 0 Å². The molecule has 0 aromatic carbocycles. The highest BCUT2D eigenvalue weighted by Crippen LogP contribution is 2.19. The molecule has 1 amide bonds. The van der Waals surface area contributed by atoms with Gasteiger partial charge in [-0.25, -0.2) is 4.98 Å². The maximum Gasteiger partial charge on any atom is 0.422 e. The molecule has 0 aliphatic carbocycles. The topological polar surface area (TPSA) is 102 Å². The number of aliphatic hydroxyl groups is 1. The van der Waals surface area contributed by atoms with Gasteiger partial charge in [-0.05, 0) is 18.6 Å². The van der Waals surface area contributed by atoms with Crippen molar-refractivity contribution in [2.24, 2.45) is 0 Å². The summed E-state index contributed by atoms with van der Waals surface area (Å²) in [6.07, 6.45) is -0.637. The second-order valence-corrected chi connectivity index (χ2v) is 6.49.